The average molecular weight is 293 g/mol. The molecule has 3 aliphatic rings. The van der Waals surface area contributed by atoms with Gasteiger partial charge in [0.1, 0.15) is 6.04 Å². The molecular weight excluding hydrogens is 278 g/mol. The van der Waals surface area contributed by atoms with Gasteiger partial charge in [-0.05, 0) is 24.7 Å². The van der Waals surface area contributed by atoms with E-state index >= 15 is 0 Å². The number of carboxylic acid groups (broad SMARTS) is 2. The van der Waals surface area contributed by atoms with E-state index in [-0.39, 0.29) is 18.3 Å². The Kier molecular flexibility index (Phi) is 3.07. The van der Waals surface area contributed by atoms with Gasteiger partial charge in [-0.25, -0.2) is 4.79 Å². The molecule has 2 bridgehead atoms. The summed E-state index contributed by atoms with van der Waals surface area (Å²) in [4.78, 5) is 47.6. The van der Waals surface area contributed by atoms with Crippen molar-refractivity contribution in [3.8, 4) is 0 Å². The molecule has 21 heavy (non-hydrogen) atoms. The lowest BCUT2D eigenvalue weighted by Crippen LogP contribution is -2.46. The monoisotopic (exact) mass is 293 g/mol. The van der Waals surface area contributed by atoms with Gasteiger partial charge in [0.05, 0.1) is 11.8 Å². The maximum atomic E-state index is 12.4. The standard InChI is InChI=1S/C14H15NO6/c16-9(17)4-3-8(14(20)21)15-12(18)10-6-1-2-7(5-6)11(10)13(15)19/h1-2,6-8,10-11H,3-5H2,(H,16,17)(H,20,21). The van der Waals surface area contributed by atoms with Crippen molar-refractivity contribution < 1.29 is 29.4 Å². The SMILES string of the molecule is O=C(O)CCC(C(=O)O)N1C(=O)C2C3C=CC(C3)C2C1=O. The average Bonchev–Trinajstić information content (AvgIpc) is 3.06. The maximum absolute atomic E-state index is 12.4. The minimum Gasteiger partial charge on any atom is -0.481 e. The number of imide groups is 1. The van der Waals surface area contributed by atoms with Crippen molar-refractivity contribution in [3.05, 3.63) is 12.2 Å². The molecule has 1 saturated heterocycles. The minimum atomic E-state index is -1.38. The Morgan fingerprint density at radius 1 is 1.14 bits per heavy atom. The van der Waals surface area contributed by atoms with Crippen LogP contribution < -0.4 is 0 Å². The highest BCUT2D eigenvalue weighted by atomic mass is 16.4. The molecule has 2 amide bonds. The smallest absolute Gasteiger partial charge is 0.326 e. The van der Waals surface area contributed by atoms with E-state index in [0.29, 0.717) is 0 Å². The number of nitrogens with zero attached hydrogens (tertiary/aromatic N) is 1. The molecular formula is C14H15NO6. The Labute approximate surface area is 120 Å². The molecule has 112 valence electrons. The van der Waals surface area contributed by atoms with Gasteiger partial charge in [0, 0.05) is 6.42 Å². The highest BCUT2D eigenvalue weighted by molar-refractivity contribution is 6.08. The third-order valence-electron chi connectivity index (χ3n) is 4.73. The molecule has 0 aromatic heterocycles. The van der Waals surface area contributed by atoms with Crippen molar-refractivity contribution in [1.82, 2.24) is 4.90 Å². The molecule has 7 nitrogen and oxygen atoms in total. The lowest BCUT2D eigenvalue weighted by molar-refractivity contribution is -0.156. The van der Waals surface area contributed by atoms with Crippen molar-refractivity contribution in [2.45, 2.75) is 25.3 Å². The van der Waals surface area contributed by atoms with Gasteiger partial charge >= 0.3 is 11.9 Å². The van der Waals surface area contributed by atoms with E-state index in [2.05, 4.69) is 0 Å². The molecule has 1 saturated carbocycles. The number of hydrogen-bond donors (Lipinski definition) is 2. The van der Waals surface area contributed by atoms with E-state index in [4.69, 9.17) is 5.11 Å². The van der Waals surface area contributed by atoms with Gasteiger partial charge in [-0.2, -0.15) is 0 Å². The second kappa shape index (κ2) is 4.68. The van der Waals surface area contributed by atoms with Crippen molar-refractivity contribution in [3.63, 3.8) is 0 Å². The number of carbonyl (C=O) groups excluding carboxylic acids is 2. The summed E-state index contributed by atoms with van der Waals surface area (Å²) >= 11 is 0. The number of rotatable bonds is 5. The summed E-state index contributed by atoms with van der Waals surface area (Å²) in [6.45, 7) is 0. The largest absolute Gasteiger partial charge is 0.481 e. The number of carbonyl (C=O) groups is 4. The minimum absolute atomic E-state index is 0.00960. The summed E-state index contributed by atoms with van der Waals surface area (Å²) in [6.07, 6.45) is 3.97. The zero-order valence-electron chi connectivity index (χ0n) is 11.1. The first-order valence-corrected chi connectivity index (χ1v) is 6.91. The lowest BCUT2D eigenvalue weighted by atomic mass is 9.85. The van der Waals surface area contributed by atoms with Gasteiger partial charge in [-0.15, -0.1) is 0 Å². The highest BCUT2D eigenvalue weighted by Gasteiger charge is 2.61. The highest BCUT2D eigenvalue weighted by Crippen LogP contribution is 2.52. The van der Waals surface area contributed by atoms with Crippen LogP contribution in [0.1, 0.15) is 19.3 Å². The Hall–Kier alpha value is -2.18. The Balaban J connectivity index is 1.85. The first-order chi connectivity index (χ1) is 9.91. The molecule has 0 radical (unpaired) electrons. The summed E-state index contributed by atoms with van der Waals surface area (Å²) < 4.78 is 0. The van der Waals surface area contributed by atoms with Gasteiger partial charge in [-0.3, -0.25) is 19.3 Å². The van der Waals surface area contributed by atoms with Crippen molar-refractivity contribution in [2.24, 2.45) is 23.7 Å². The summed E-state index contributed by atoms with van der Waals surface area (Å²) in [5.74, 6) is -4.30. The van der Waals surface area contributed by atoms with Crippen molar-refractivity contribution in [2.75, 3.05) is 0 Å². The molecule has 2 N–H and O–H groups in total. The second-order valence-electron chi connectivity index (χ2n) is 5.83. The molecule has 7 heteroatoms. The fraction of sp³-hybridized carbons (Fsp3) is 0.571. The van der Waals surface area contributed by atoms with Crippen LogP contribution >= 0.6 is 0 Å². The molecule has 0 spiro atoms. The predicted octanol–water partition coefficient (Wildman–Crippen LogP) is 0.112. The fourth-order valence-electron chi connectivity index (χ4n) is 3.86. The number of carboxylic acids is 2. The molecule has 5 atom stereocenters. The van der Waals surface area contributed by atoms with Crippen LogP contribution in [-0.2, 0) is 19.2 Å². The van der Waals surface area contributed by atoms with Gasteiger partial charge in [0.15, 0.2) is 0 Å². The lowest BCUT2D eigenvalue weighted by Gasteiger charge is -2.24. The van der Waals surface area contributed by atoms with E-state index in [0.717, 1.165) is 11.3 Å². The first-order valence-electron chi connectivity index (χ1n) is 6.91. The predicted molar refractivity (Wildman–Crippen MR) is 67.9 cm³/mol. The van der Waals surface area contributed by atoms with E-state index in [9.17, 15) is 24.3 Å². The summed E-state index contributed by atoms with van der Waals surface area (Å²) in [5.41, 5.74) is 0. The molecule has 1 aliphatic heterocycles. The molecule has 5 unspecified atom stereocenters. The van der Waals surface area contributed by atoms with Gasteiger partial charge in [-0.1, -0.05) is 12.2 Å². The number of allylic oxidation sites excluding steroid dienone is 2. The second-order valence-corrected chi connectivity index (χ2v) is 5.83. The zero-order valence-corrected chi connectivity index (χ0v) is 11.1. The van der Waals surface area contributed by atoms with E-state index in [1.54, 1.807) is 0 Å². The summed E-state index contributed by atoms with van der Waals surface area (Å²) in [7, 11) is 0. The Morgan fingerprint density at radius 2 is 1.67 bits per heavy atom. The zero-order chi connectivity index (χ0) is 15.3. The Morgan fingerprint density at radius 3 is 2.10 bits per heavy atom. The van der Waals surface area contributed by atoms with Crippen LogP contribution in [0.25, 0.3) is 0 Å². The van der Waals surface area contributed by atoms with Gasteiger partial charge < -0.3 is 10.2 Å². The van der Waals surface area contributed by atoms with Crippen LogP contribution in [0.5, 0.6) is 0 Å². The third-order valence-corrected chi connectivity index (χ3v) is 4.73. The molecule has 2 aliphatic carbocycles. The number of aliphatic carboxylic acids is 2. The van der Waals surface area contributed by atoms with Crippen LogP contribution in [0.3, 0.4) is 0 Å². The number of amides is 2. The molecule has 3 rings (SSSR count). The Bertz CT molecular complexity index is 538. The number of hydrogen-bond acceptors (Lipinski definition) is 4. The van der Waals surface area contributed by atoms with Gasteiger partial charge in [0.2, 0.25) is 11.8 Å². The van der Waals surface area contributed by atoms with Gasteiger partial charge in [0.25, 0.3) is 0 Å². The van der Waals surface area contributed by atoms with Crippen molar-refractivity contribution >= 4 is 23.8 Å². The molecule has 1 heterocycles. The summed E-state index contributed by atoms with van der Waals surface area (Å²) in [6, 6.07) is -1.38. The van der Waals surface area contributed by atoms with Crippen molar-refractivity contribution in [1.29, 1.82) is 0 Å². The number of fused-ring (bicyclic) bond motifs is 5. The van der Waals surface area contributed by atoms with E-state index < -0.39 is 48.1 Å². The normalized spacial score (nSPS) is 34.4. The topological polar surface area (TPSA) is 112 Å². The van der Waals surface area contributed by atoms with Crippen LogP contribution in [0.4, 0.5) is 0 Å². The van der Waals surface area contributed by atoms with Crippen LogP contribution in [0.2, 0.25) is 0 Å². The first kappa shape index (κ1) is 13.8. The van der Waals surface area contributed by atoms with E-state index in [1.165, 1.54) is 0 Å². The summed E-state index contributed by atoms with van der Waals surface area (Å²) in [5, 5.41) is 17.9. The molecule has 0 aromatic carbocycles. The quantitative estimate of drug-likeness (QED) is 0.549. The molecule has 2 fully saturated rings. The number of likely N-dealkylation sites (tertiary alicyclic amines) is 1. The van der Waals surface area contributed by atoms with Crippen LogP contribution in [0.15, 0.2) is 12.2 Å². The maximum Gasteiger partial charge on any atom is 0.326 e. The fourth-order valence-corrected chi connectivity index (χ4v) is 3.86. The van der Waals surface area contributed by atoms with Crippen LogP contribution in [-0.4, -0.2) is 44.9 Å². The van der Waals surface area contributed by atoms with Crippen LogP contribution in [0, 0.1) is 23.7 Å². The molecule has 0 aromatic rings. The van der Waals surface area contributed by atoms with E-state index in [1.807, 2.05) is 12.2 Å². The third kappa shape index (κ3) is 1.95.